The molecule has 1 unspecified atom stereocenters. The van der Waals surface area contributed by atoms with Gasteiger partial charge in [0.05, 0.1) is 0 Å². The zero-order valence-corrected chi connectivity index (χ0v) is 15.4. The molecule has 1 aliphatic heterocycles. The predicted octanol–water partition coefficient (Wildman–Crippen LogP) is 3.72. The topological polar surface area (TPSA) is 23.6 Å². The molecule has 1 aromatic carbocycles. The fourth-order valence-corrected chi connectivity index (χ4v) is 3.20. The summed E-state index contributed by atoms with van der Waals surface area (Å²) in [5, 5.41) is 0. The Kier molecular flexibility index (Phi) is 5.85. The summed E-state index contributed by atoms with van der Waals surface area (Å²) in [7, 11) is 0. The van der Waals surface area contributed by atoms with Gasteiger partial charge in [-0.3, -0.25) is 9.69 Å². The minimum absolute atomic E-state index is 0.164. The molecule has 1 aliphatic rings. The number of rotatable bonds is 5. The Balaban J connectivity index is 1.88. The molecule has 0 aliphatic carbocycles. The quantitative estimate of drug-likeness (QED) is 0.827. The molecule has 2 rings (SSSR count). The van der Waals surface area contributed by atoms with E-state index in [9.17, 15) is 4.79 Å². The number of carbonyl (C=O) groups excluding carboxylic acids is 1. The molecule has 0 saturated carbocycles. The van der Waals surface area contributed by atoms with Crippen LogP contribution in [-0.4, -0.2) is 43.4 Å². The summed E-state index contributed by atoms with van der Waals surface area (Å²) in [4.78, 5) is 16.6. The van der Waals surface area contributed by atoms with E-state index in [0.717, 1.165) is 32.7 Å². The van der Waals surface area contributed by atoms with Crippen molar-refractivity contribution in [1.29, 1.82) is 0 Å². The van der Waals surface area contributed by atoms with Crippen LogP contribution in [-0.2, 0) is 10.2 Å². The molecule has 1 aromatic rings. The highest BCUT2D eigenvalue weighted by atomic mass is 16.1. The molecule has 1 heterocycles. The van der Waals surface area contributed by atoms with Crippen molar-refractivity contribution in [1.82, 2.24) is 4.90 Å². The molecule has 0 spiro atoms. The van der Waals surface area contributed by atoms with Gasteiger partial charge in [0.15, 0.2) is 0 Å². The molecule has 0 aromatic heterocycles. The Morgan fingerprint density at radius 2 is 1.65 bits per heavy atom. The second kappa shape index (κ2) is 7.48. The van der Waals surface area contributed by atoms with Crippen LogP contribution in [0.25, 0.3) is 0 Å². The second-order valence-electron chi connectivity index (χ2n) is 7.81. The van der Waals surface area contributed by atoms with Gasteiger partial charge in [0.2, 0.25) is 0 Å². The van der Waals surface area contributed by atoms with Crippen LogP contribution in [0.3, 0.4) is 0 Å². The average Bonchev–Trinajstić information content (AvgIpc) is 2.54. The van der Waals surface area contributed by atoms with Gasteiger partial charge in [0, 0.05) is 50.7 Å². The average molecular weight is 316 g/mol. The summed E-state index contributed by atoms with van der Waals surface area (Å²) < 4.78 is 0. The molecule has 0 bridgehead atoms. The molecule has 3 nitrogen and oxygen atoms in total. The van der Waals surface area contributed by atoms with Crippen molar-refractivity contribution < 1.29 is 4.79 Å². The molecule has 0 N–H and O–H groups in total. The Morgan fingerprint density at radius 1 is 1.09 bits per heavy atom. The van der Waals surface area contributed by atoms with Gasteiger partial charge in [-0.2, -0.15) is 0 Å². The first-order valence-corrected chi connectivity index (χ1v) is 8.92. The summed E-state index contributed by atoms with van der Waals surface area (Å²) in [6, 6.07) is 9.01. The molecule has 23 heavy (non-hydrogen) atoms. The van der Waals surface area contributed by atoms with Gasteiger partial charge in [-0.05, 0) is 23.1 Å². The van der Waals surface area contributed by atoms with E-state index in [1.54, 1.807) is 0 Å². The van der Waals surface area contributed by atoms with Gasteiger partial charge < -0.3 is 4.90 Å². The first-order valence-electron chi connectivity index (χ1n) is 8.92. The SMILES string of the molecule is CCC(=O)C(C)CN1CCN(c2ccc(C(C)(C)C)cc2)CC1. The van der Waals surface area contributed by atoms with Crippen molar-refractivity contribution >= 4 is 11.5 Å². The smallest absolute Gasteiger partial charge is 0.136 e. The summed E-state index contributed by atoms with van der Waals surface area (Å²) in [5.74, 6) is 0.544. The van der Waals surface area contributed by atoms with Crippen LogP contribution in [0.4, 0.5) is 5.69 Å². The summed E-state index contributed by atoms with van der Waals surface area (Å²) in [5.41, 5.74) is 2.90. The highest BCUT2D eigenvalue weighted by Gasteiger charge is 2.21. The highest BCUT2D eigenvalue weighted by molar-refractivity contribution is 5.80. The van der Waals surface area contributed by atoms with Gasteiger partial charge in [0.1, 0.15) is 5.78 Å². The van der Waals surface area contributed by atoms with Crippen LogP contribution < -0.4 is 4.90 Å². The molecule has 0 radical (unpaired) electrons. The fourth-order valence-electron chi connectivity index (χ4n) is 3.20. The summed E-state index contributed by atoms with van der Waals surface area (Å²) in [6.07, 6.45) is 0.654. The van der Waals surface area contributed by atoms with Gasteiger partial charge in [0.25, 0.3) is 0 Å². The van der Waals surface area contributed by atoms with Gasteiger partial charge in [-0.25, -0.2) is 0 Å². The Bertz CT molecular complexity index is 507. The van der Waals surface area contributed by atoms with E-state index < -0.39 is 0 Å². The number of anilines is 1. The zero-order chi connectivity index (χ0) is 17.0. The van der Waals surface area contributed by atoms with Crippen LogP contribution in [0.15, 0.2) is 24.3 Å². The summed E-state index contributed by atoms with van der Waals surface area (Å²) in [6.45, 7) is 15.8. The number of nitrogens with zero attached hydrogens (tertiary/aromatic N) is 2. The lowest BCUT2D eigenvalue weighted by Gasteiger charge is -2.37. The van der Waals surface area contributed by atoms with Crippen molar-refractivity contribution in [3.8, 4) is 0 Å². The largest absolute Gasteiger partial charge is 0.369 e. The van der Waals surface area contributed by atoms with Gasteiger partial charge >= 0.3 is 0 Å². The fraction of sp³-hybridized carbons (Fsp3) is 0.650. The first-order chi connectivity index (χ1) is 10.8. The van der Waals surface area contributed by atoms with Gasteiger partial charge in [-0.1, -0.05) is 46.8 Å². The normalized spacial score (nSPS) is 18.0. The monoisotopic (exact) mass is 316 g/mol. The van der Waals surface area contributed by atoms with Crippen molar-refractivity contribution in [2.24, 2.45) is 5.92 Å². The molecule has 3 heteroatoms. The molecule has 0 amide bonds. The standard InChI is InChI=1S/C20H32N2O/c1-6-19(23)16(2)15-21-11-13-22(14-12-21)18-9-7-17(8-10-18)20(3,4)5/h7-10,16H,6,11-15H2,1-5H3. The van der Waals surface area contributed by atoms with E-state index in [4.69, 9.17) is 0 Å². The van der Waals surface area contributed by atoms with Crippen molar-refractivity contribution in [3.63, 3.8) is 0 Å². The van der Waals surface area contributed by atoms with E-state index >= 15 is 0 Å². The van der Waals surface area contributed by atoms with Crippen LogP contribution in [0.1, 0.15) is 46.6 Å². The Hall–Kier alpha value is -1.35. The molecule has 1 saturated heterocycles. The number of ketones is 1. The minimum Gasteiger partial charge on any atom is -0.369 e. The maximum Gasteiger partial charge on any atom is 0.136 e. The van der Waals surface area contributed by atoms with E-state index in [1.165, 1.54) is 11.3 Å². The van der Waals surface area contributed by atoms with E-state index in [-0.39, 0.29) is 11.3 Å². The number of hydrogen-bond donors (Lipinski definition) is 0. The third-order valence-corrected chi connectivity index (χ3v) is 4.90. The van der Waals surface area contributed by atoms with E-state index in [0.29, 0.717) is 12.2 Å². The van der Waals surface area contributed by atoms with Crippen molar-refractivity contribution in [3.05, 3.63) is 29.8 Å². The van der Waals surface area contributed by atoms with Crippen LogP contribution in [0.2, 0.25) is 0 Å². The zero-order valence-electron chi connectivity index (χ0n) is 15.4. The Morgan fingerprint density at radius 3 is 2.13 bits per heavy atom. The predicted molar refractivity (Wildman–Crippen MR) is 98.3 cm³/mol. The molecule has 1 fully saturated rings. The third-order valence-electron chi connectivity index (χ3n) is 4.90. The second-order valence-corrected chi connectivity index (χ2v) is 7.81. The number of Topliss-reactive ketones (excluding diaryl/α,β-unsaturated/α-hetero) is 1. The van der Waals surface area contributed by atoms with E-state index in [1.807, 2.05) is 6.92 Å². The van der Waals surface area contributed by atoms with Gasteiger partial charge in [-0.15, -0.1) is 0 Å². The number of carbonyl (C=O) groups is 1. The molecular weight excluding hydrogens is 284 g/mol. The minimum atomic E-state index is 0.164. The Labute approximate surface area is 141 Å². The lowest BCUT2D eigenvalue weighted by Crippen LogP contribution is -2.48. The van der Waals surface area contributed by atoms with Crippen LogP contribution in [0.5, 0.6) is 0 Å². The number of benzene rings is 1. The molecule has 1 atom stereocenters. The molecular formula is C20H32N2O. The number of hydrogen-bond acceptors (Lipinski definition) is 3. The maximum absolute atomic E-state index is 11.7. The maximum atomic E-state index is 11.7. The third kappa shape index (κ3) is 4.81. The van der Waals surface area contributed by atoms with E-state index in [2.05, 4.69) is 61.8 Å². The first kappa shape index (κ1) is 18.0. The highest BCUT2D eigenvalue weighted by Crippen LogP contribution is 2.25. The van der Waals surface area contributed by atoms with Crippen LogP contribution >= 0.6 is 0 Å². The molecule has 128 valence electrons. The lowest BCUT2D eigenvalue weighted by atomic mass is 9.87. The van der Waals surface area contributed by atoms with Crippen molar-refractivity contribution in [2.45, 2.75) is 46.5 Å². The summed E-state index contributed by atoms with van der Waals surface area (Å²) >= 11 is 0. The lowest BCUT2D eigenvalue weighted by molar-refractivity contribution is -0.122. The van der Waals surface area contributed by atoms with Crippen molar-refractivity contribution in [2.75, 3.05) is 37.6 Å². The number of piperazine rings is 1. The van der Waals surface area contributed by atoms with Crippen LogP contribution in [0, 0.1) is 5.92 Å².